The second-order valence-corrected chi connectivity index (χ2v) is 16.0. The van der Waals surface area contributed by atoms with Crippen molar-refractivity contribution in [2.24, 2.45) is 0 Å². The van der Waals surface area contributed by atoms with Crippen molar-refractivity contribution in [1.29, 1.82) is 0 Å². The molecule has 0 aliphatic heterocycles. The van der Waals surface area contributed by atoms with Crippen LogP contribution in [-0.2, 0) is 5.41 Å². The summed E-state index contributed by atoms with van der Waals surface area (Å²) in [6.45, 7) is 4.69. The monoisotopic (exact) mass is 712 g/mol. The third-order valence-corrected chi connectivity index (χ3v) is 12.6. The van der Waals surface area contributed by atoms with Crippen molar-refractivity contribution >= 4 is 65.0 Å². The van der Waals surface area contributed by atoms with E-state index in [0.717, 1.165) is 21.9 Å². The van der Waals surface area contributed by atoms with Crippen molar-refractivity contribution in [2.45, 2.75) is 19.3 Å². The van der Waals surface area contributed by atoms with E-state index in [2.05, 4.69) is 196 Å². The molecule has 0 amide bonds. The molecule has 0 N–H and O–H groups in total. The van der Waals surface area contributed by atoms with Crippen LogP contribution in [0.15, 0.2) is 186 Å². The Hall–Kier alpha value is -6.96. The quantitative estimate of drug-likeness (QED) is 0.166. The lowest BCUT2D eigenvalue weighted by atomic mass is 9.82. The van der Waals surface area contributed by atoms with E-state index in [9.17, 15) is 0 Å². The van der Waals surface area contributed by atoms with Crippen LogP contribution in [0.4, 0.5) is 0 Å². The highest BCUT2D eigenvalue weighted by molar-refractivity contribution is 6.22. The third kappa shape index (κ3) is 4.43. The zero-order valence-electron chi connectivity index (χ0n) is 31.2. The highest BCUT2D eigenvalue weighted by atomic mass is 16.3. The standard InChI is InChI=1S/C55H36O/c1-55(2)48-26-24-34-13-5-6-17-40(34)54(48)47-31-46-45-30-37(25-27-50(45)56-51(46)32-49(47)55)36-15-11-16-38(29-36)52-41-18-7-9-20-43(41)53(44-21-10-8-19-42(44)52)39-23-22-33-12-3-4-14-35(33)28-39/h3-32H,1-2H3. The maximum atomic E-state index is 6.61. The zero-order chi connectivity index (χ0) is 37.1. The molecule has 0 fully saturated rings. The van der Waals surface area contributed by atoms with Crippen molar-refractivity contribution in [3.63, 3.8) is 0 Å². The summed E-state index contributed by atoms with van der Waals surface area (Å²) in [6, 6.07) is 67.2. The smallest absolute Gasteiger partial charge is 0.135 e. The molecule has 0 unspecified atom stereocenters. The summed E-state index contributed by atoms with van der Waals surface area (Å²) in [4.78, 5) is 0. The summed E-state index contributed by atoms with van der Waals surface area (Å²) in [5, 5.41) is 12.4. The number of rotatable bonds is 3. The molecule has 0 bridgehead atoms. The maximum Gasteiger partial charge on any atom is 0.135 e. The maximum absolute atomic E-state index is 6.61. The van der Waals surface area contributed by atoms with Crippen molar-refractivity contribution in [1.82, 2.24) is 0 Å². The number of furan rings is 1. The van der Waals surface area contributed by atoms with E-state index in [4.69, 9.17) is 4.42 Å². The average molecular weight is 713 g/mol. The second kappa shape index (κ2) is 11.5. The van der Waals surface area contributed by atoms with Crippen LogP contribution in [0.3, 0.4) is 0 Å². The molecule has 12 rings (SSSR count). The van der Waals surface area contributed by atoms with Gasteiger partial charge in [-0.05, 0) is 135 Å². The van der Waals surface area contributed by atoms with Gasteiger partial charge >= 0.3 is 0 Å². The van der Waals surface area contributed by atoms with E-state index in [1.165, 1.54) is 98.7 Å². The molecule has 0 radical (unpaired) electrons. The van der Waals surface area contributed by atoms with Gasteiger partial charge in [-0.15, -0.1) is 0 Å². The van der Waals surface area contributed by atoms with Gasteiger partial charge in [-0.25, -0.2) is 0 Å². The van der Waals surface area contributed by atoms with E-state index in [-0.39, 0.29) is 5.41 Å². The molecule has 262 valence electrons. The van der Waals surface area contributed by atoms with Gasteiger partial charge in [0.1, 0.15) is 11.2 Å². The van der Waals surface area contributed by atoms with Crippen LogP contribution in [0.2, 0.25) is 0 Å². The van der Waals surface area contributed by atoms with Crippen LogP contribution in [0.1, 0.15) is 25.0 Å². The van der Waals surface area contributed by atoms with Gasteiger partial charge in [0, 0.05) is 16.2 Å². The van der Waals surface area contributed by atoms with E-state index >= 15 is 0 Å². The summed E-state index contributed by atoms with van der Waals surface area (Å²) < 4.78 is 6.61. The van der Waals surface area contributed by atoms with Crippen LogP contribution >= 0.6 is 0 Å². The molecule has 0 saturated heterocycles. The van der Waals surface area contributed by atoms with Gasteiger partial charge in [0.2, 0.25) is 0 Å². The van der Waals surface area contributed by atoms with E-state index in [1.54, 1.807) is 0 Å². The first-order valence-corrected chi connectivity index (χ1v) is 19.6. The summed E-state index contributed by atoms with van der Waals surface area (Å²) >= 11 is 0. The fraction of sp³-hybridized carbons (Fsp3) is 0.0545. The molecule has 56 heavy (non-hydrogen) atoms. The topological polar surface area (TPSA) is 13.1 Å². The molecule has 10 aromatic carbocycles. The minimum atomic E-state index is -0.116. The number of fused-ring (bicyclic) bond motifs is 11. The molecule has 11 aromatic rings. The highest BCUT2D eigenvalue weighted by Crippen LogP contribution is 2.53. The van der Waals surface area contributed by atoms with Gasteiger partial charge in [-0.3, -0.25) is 0 Å². The Morgan fingerprint density at radius 2 is 0.875 bits per heavy atom. The molecule has 1 heteroatoms. The van der Waals surface area contributed by atoms with E-state index in [0.29, 0.717) is 0 Å². The molecule has 1 aliphatic carbocycles. The minimum Gasteiger partial charge on any atom is -0.456 e. The van der Waals surface area contributed by atoms with Gasteiger partial charge < -0.3 is 4.42 Å². The Balaban J connectivity index is 1.03. The molecule has 0 atom stereocenters. The first kappa shape index (κ1) is 31.4. The fourth-order valence-electron chi connectivity index (χ4n) is 9.90. The van der Waals surface area contributed by atoms with Gasteiger partial charge in [0.15, 0.2) is 0 Å². The highest BCUT2D eigenvalue weighted by Gasteiger charge is 2.37. The molecular weight excluding hydrogens is 677 g/mol. The molecule has 0 spiro atoms. The van der Waals surface area contributed by atoms with Crippen LogP contribution in [-0.4, -0.2) is 0 Å². The van der Waals surface area contributed by atoms with Crippen LogP contribution in [0, 0.1) is 0 Å². The fourth-order valence-corrected chi connectivity index (χ4v) is 9.90. The Kier molecular flexibility index (Phi) is 6.46. The molecule has 1 aliphatic rings. The van der Waals surface area contributed by atoms with Gasteiger partial charge in [0.25, 0.3) is 0 Å². The second-order valence-electron chi connectivity index (χ2n) is 16.0. The van der Waals surface area contributed by atoms with Crippen molar-refractivity contribution in [3.05, 3.63) is 193 Å². The Labute approximate surface area is 325 Å². The predicted molar refractivity (Wildman–Crippen MR) is 238 cm³/mol. The number of benzene rings is 10. The van der Waals surface area contributed by atoms with Crippen LogP contribution in [0.5, 0.6) is 0 Å². The lowest BCUT2D eigenvalue weighted by Crippen LogP contribution is -2.14. The largest absolute Gasteiger partial charge is 0.456 e. The molecule has 1 aromatic heterocycles. The first-order valence-electron chi connectivity index (χ1n) is 19.6. The lowest BCUT2D eigenvalue weighted by molar-refractivity contribution is 0.647. The Morgan fingerprint density at radius 3 is 1.61 bits per heavy atom. The molecule has 1 heterocycles. The SMILES string of the molecule is CC1(C)c2cc3oc4ccc(-c5cccc(-c6c7ccccc7c(-c7ccc8ccccc8c7)c7ccccc67)c5)cc4c3cc2-c2c1ccc1ccccc21. The lowest BCUT2D eigenvalue weighted by Gasteiger charge is -2.21. The number of hydrogen-bond acceptors (Lipinski definition) is 1. The van der Waals surface area contributed by atoms with Crippen molar-refractivity contribution in [3.8, 4) is 44.5 Å². The van der Waals surface area contributed by atoms with Crippen molar-refractivity contribution in [2.75, 3.05) is 0 Å². The first-order chi connectivity index (χ1) is 27.5. The minimum absolute atomic E-state index is 0.116. The zero-order valence-corrected chi connectivity index (χ0v) is 31.2. The van der Waals surface area contributed by atoms with Crippen LogP contribution < -0.4 is 0 Å². The number of hydrogen-bond donors (Lipinski definition) is 0. The van der Waals surface area contributed by atoms with Crippen molar-refractivity contribution < 1.29 is 4.42 Å². The van der Waals surface area contributed by atoms with Gasteiger partial charge in [-0.2, -0.15) is 0 Å². The Morgan fingerprint density at radius 1 is 0.321 bits per heavy atom. The van der Waals surface area contributed by atoms with Gasteiger partial charge in [-0.1, -0.05) is 159 Å². The summed E-state index contributed by atoms with van der Waals surface area (Å²) in [7, 11) is 0. The normalized spacial score (nSPS) is 13.3. The predicted octanol–water partition coefficient (Wildman–Crippen LogP) is 15.5. The summed E-state index contributed by atoms with van der Waals surface area (Å²) in [6.07, 6.45) is 0. The molecular formula is C55H36O. The Bertz CT molecular complexity index is 3390. The van der Waals surface area contributed by atoms with E-state index in [1.807, 2.05) is 0 Å². The average Bonchev–Trinajstić information content (AvgIpc) is 3.72. The van der Waals surface area contributed by atoms with Crippen LogP contribution in [0.25, 0.3) is 110 Å². The van der Waals surface area contributed by atoms with E-state index < -0.39 is 0 Å². The third-order valence-electron chi connectivity index (χ3n) is 12.6. The summed E-state index contributed by atoms with van der Waals surface area (Å²) in [5.41, 5.74) is 14.5. The summed E-state index contributed by atoms with van der Waals surface area (Å²) in [5.74, 6) is 0. The molecule has 0 saturated carbocycles. The van der Waals surface area contributed by atoms with Gasteiger partial charge in [0.05, 0.1) is 0 Å². The molecule has 1 nitrogen and oxygen atoms in total.